The van der Waals surface area contributed by atoms with E-state index in [1.54, 1.807) is 6.07 Å². The van der Waals surface area contributed by atoms with E-state index in [1.807, 2.05) is 6.07 Å². The lowest BCUT2D eigenvalue weighted by Crippen LogP contribution is -2.31. The summed E-state index contributed by atoms with van der Waals surface area (Å²) in [6.07, 6.45) is 6.49. The highest BCUT2D eigenvalue weighted by atomic mass is 19.1. The van der Waals surface area contributed by atoms with E-state index in [0.29, 0.717) is 11.6 Å². The standard InChI is InChI=1S/C26H26FNO2/c1-26(2)12-11-24(28-16-19-5-6-19)21-10-8-17(13-22(21)26)3-4-18-7-9-20(15-25(29)30)23(27)14-18/h7-10,13-14,16,24,28H,5-6,11-12,15H2,1-2H3,(H,29,30). The Morgan fingerprint density at radius 2 is 1.90 bits per heavy atom. The lowest BCUT2D eigenvalue weighted by atomic mass is 9.70. The Hall–Kier alpha value is -3.06. The summed E-state index contributed by atoms with van der Waals surface area (Å²) in [5.41, 5.74) is 5.83. The van der Waals surface area contributed by atoms with Gasteiger partial charge < -0.3 is 10.4 Å². The largest absolute Gasteiger partial charge is 0.481 e. The number of rotatable bonds is 4. The number of halogens is 1. The van der Waals surface area contributed by atoms with E-state index in [0.717, 1.165) is 18.4 Å². The van der Waals surface area contributed by atoms with E-state index in [9.17, 15) is 9.18 Å². The molecule has 2 aromatic carbocycles. The third-order valence-electron chi connectivity index (χ3n) is 5.99. The van der Waals surface area contributed by atoms with E-state index in [4.69, 9.17) is 5.11 Å². The molecule has 1 fully saturated rings. The van der Waals surface area contributed by atoms with E-state index in [2.05, 4.69) is 49.3 Å². The Morgan fingerprint density at radius 1 is 1.20 bits per heavy atom. The van der Waals surface area contributed by atoms with Crippen molar-refractivity contribution in [2.24, 2.45) is 0 Å². The molecule has 2 aliphatic rings. The molecule has 2 N–H and O–H groups in total. The van der Waals surface area contributed by atoms with Crippen LogP contribution in [0, 0.1) is 17.7 Å². The number of fused-ring (bicyclic) bond motifs is 1. The third-order valence-corrected chi connectivity index (χ3v) is 5.99. The molecule has 0 aromatic heterocycles. The highest BCUT2D eigenvalue weighted by molar-refractivity contribution is 5.70. The van der Waals surface area contributed by atoms with Crippen LogP contribution in [0.1, 0.15) is 73.4 Å². The lowest BCUT2D eigenvalue weighted by Gasteiger charge is -2.37. The molecular weight excluding hydrogens is 377 g/mol. The van der Waals surface area contributed by atoms with Crippen LogP contribution in [0.2, 0.25) is 0 Å². The molecule has 1 saturated carbocycles. The second-order valence-electron chi connectivity index (χ2n) is 8.87. The Labute approximate surface area is 177 Å². The van der Waals surface area contributed by atoms with Gasteiger partial charge in [0.1, 0.15) is 5.82 Å². The average molecular weight is 403 g/mol. The van der Waals surface area contributed by atoms with Crippen molar-refractivity contribution in [1.29, 1.82) is 0 Å². The third kappa shape index (κ3) is 4.57. The monoisotopic (exact) mass is 403 g/mol. The van der Waals surface area contributed by atoms with Crippen LogP contribution < -0.4 is 5.32 Å². The van der Waals surface area contributed by atoms with Gasteiger partial charge in [0.15, 0.2) is 0 Å². The SMILES string of the molecule is CC1(C)CCC(NC=C2CC2)c2ccc(C#Cc3ccc(CC(=O)O)c(F)c3)cc21. The summed E-state index contributed by atoms with van der Waals surface area (Å²) in [4.78, 5) is 10.8. The van der Waals surface area contributed by atoms with Crippen LogP contribution >= 0.6 is 0 Å². The van der Waals surface area contributed by atoms with E-state index in [-0.39, 0.29) is 17.4 Å². The van der Waals surface area contributed by atoms with Gasteiger partial charge in [-0.25, -0.2) is 4.39 Å². The van der Waals surface area contributed by atoms with Gasteiger partial charge in [-0.15, -0.1) is 0 Å². The molecule has 4 rings (SSSR count). The number of allylic oxidation sites excluding steroid dienone is 1. The van der Waals surface area contributed by atoms with Crippen molar-refractivity contribution in [3.8, 4) is 11.8 Å². The molecule has 1 atom stereocenters. The van der Waals surface area contributed by atoms with Gasteiger partial charge in [0, 0.05) is 11.1 Å². The predicted octanol–water partition coefficient (Wildman–Crippen LogP) is 5.23. The van der Waals surface area contributed by atoms with Gasteiger partial charge >= 0.3 is 5.97 Å². The molecule has 0 aliphatic heterocycles. The lowest BCUT2D eigenvalue weighted by molar-refractivity contribution is -0.136. The first kappa shape index (κ1) is 20.2. The van der Waals surface area contributed by atoms with Crippen LogP contribution in [0.4, 0.5) is 4.39 Å². The quantitative estimate of drug-likeness (QED) is 0.687. The zero-order chi connectivity index (χ0) is 21.3. The maximum absolute atomic E-state index is 14.1. The van der Waals surface area contributed by atoms with E-state index < -0.39 is 11.8 Å². The fourth-order valence-corrected chi connectivity index (χ4v) is 4.00. The number of carboxylic acids is 1. The van der Waals surface area contributed by atoms with Crippen molar-refractivity contribution < 1.29 is 14.3 Å². The van der Waals surface area contributed by atoms with Gasteiger partial charge in [-0.3, -0.25) is 4.79 Å². The minimum Gasteiger partial charge on any atom is -0.481 e. The van der Waals surface area contributed by atoms with Gasteiger partial charge in [-0.2, -0.15) is 0 Å². The number of hydrogen-bond acceptors (Lipinski definition) is 2. The molecule has 0 bridgehead atoms. The maximum atomic E-state index is 14.1. The zero-order valence-corrected chi connectivity index (χ0v) is 17.4. The first-order chi connectivity index (χ1) is 14.3. The van der Waals surface area contributed by atoms with Crippen LogP contribution in [-0.4, -0.2) is 11.1 Å². The van der Waals surface area contributed by atoms with Gasteiger partial charge in [-0.1, -0.05) is 43.4 Å². The number of benzene rings is 2. The molecule has 0 amide bonds. The molecule has 0 heterocycles. The Balaban J connectivity index is 1.59. The molecule has 2 aliphatic carbocycles. The molecule has 1 unspecified atom stereocenters. The predicted molar refractivity (Wildman–Crippen MR) is 116 cm³/mol. The molecule has 154 valence electrons. The van der Waals surface area contributed by atoms with Crippen LogP contribution in [0.3, 0.4) is 0 Å². The second-order valence-corrected chi connectivity index (χ2v) is 8.87. The number of nitrogens with one attached hydrogen (secondary N) is 1. The maximum Gasteiger partial charge on any atom is 0.307 e. The van der Waals surface area contributed by atoms with Crippen molar-refractivity contribution >= 4 is 5.97 Å². The number of aliphatic carboxylic acids is 1. The molecule has 30 heavy (non-hydrogen) atoms. The normalized spacial score (nSPS) is 18.6. The van der Waals surface area contributed by atoms with Gasteiger partial charge in [-0.05, 0) is 78.3 Å². The smallest absolute Gasteiger partial charge is 0.307 e. The fourth-order valence-electron chi connectivity index (χ4n) is 4.00. The van der Waals surface area contributed by atoms with Crippen LogP contribution in [0.25, 0.3) is 0 Å². The summed E-state index contributed by atoms with van der Waals surface area (Å²) in [6.45, 7) is 4.55. The van der Waals surface area contributed by atoms with Crippen LogP contribution in [0.5, 0.6) is 0 Å². The van der Waals surface area contributed by atoms with Gasteiger partial charge in [0.2, 0.25) is 0 Å². The fraction of sp³-hybridized carbons (Fsp3) is 0.346. The molecule has 3 nitrogen and oxygen atoms in total. The summed E-state index contributed by atoms with van der Waals surface area (Å²) in [7, 11) is 0. The summed E-state index contributed by atoms with van der Waals surface area (Å²) in [5.74, 6) is 4.58. The van der Waals surface area contributed by atoms with Crippen molar-refractivity contribution in [2.75, 3.05) is 0 Å². The number of hydrogen-bond donors (Lipinski definition) is 2. The summed E-state index contributed by atoms with van der Waals surface area (Å²) >= 11 is 0. The topological polar surface area (TPSA) is 49.3 Å². The highest BCUT2D eigenvalue weighted by Gasteiger charge is 2.32. The molecule has 0 radical (unpaired) electrons. The average Bonchev–Trinajstić information content (AvgIpc) is 3.52. The molecule has 4 heteroatoms. The first-order valence-electron chi connectivity index (χ1n) is 10.4. The molecule has 0 saturated heterocycles. The summed E-state index contributed by atoms with van der Waals surface area (Å²) < 4.78 is 14.1. The zero-order valence-electron chi connectivity index (χ0n) is 17.4. The number of carboxylic acid groups (broad SMARTS) is 1. The Kier molecular flexibility index (Phi) is 5.39. The molecule has 0 spiro atoms. The Bertz CT molecular complexity index is 1080. The van der Waals surface area contributed by atoms with E-state index >= 15 is 0 Å². The minimum atomic E-state index is -1.05. The van der Waals surface area contributed by atoms with Gasteiger partial charge in [0.25, 0.3) is 0 Å². The summed E-state index contributed by atoms with van der Waals surface area (Å²) in [6, 6.07) is 11.2. The minimum absolute atomic E-state index is 0.0858. The van der Waals surface area contributed by atoms with Crippen LogP contribution in [-0.2, 0) is 16.6 Å². The van der Waals surface area contributed by atoms with Crippen molar-refractivity contribution in [1.82, 2.24) is 5.32 Å². The van der Waals surface area contributed by atoms with Crippen molar-refractivity contribution in [3.05, 3.63) is 81.8 Å². The Morgan fingerprint density at radius 3 is 2.57 bits per heavy atom. The van der Waals surface area contributed by atoms with Crippen molar-refractivity contribution in [2.45, 2.75) is 57.4 Å². The van der Waals surface area contributed by atoms with E-state index in [1.165, 1.54) is 41.7 Å². The second kappa shape index (κ2) is 7.99. The summed E-state index contributed by atoms with van der Waals surface area (Å²) in [5, 5.41) is 12.4. The highest BCUT2D eigenvalue weighted by Crippen LogP contribution is 2.42. The number of carbonyl (C=O) groups is 1. The van der Waals surface area contributed by atoms with Crippen LogP contribution in [0.15, 0.2) is 48.2 Å². The molecular formula is C26H26FNO2. The van der Waals surface area contributed by atoms with Crippen molar-refractivity contribution in [3.63, 3.8) is 0 Å². The van der Waals surface area contributed by atoms with Gasteiger partial charge in [0.05, 0.1) is 12.5 Å². The molecule has 2 aromatic rings. The first-order valence-corrected chi connectivity index (χ1v) is 10.4.